The number of fused-ring (bicyclic) bond motifs is 2. The van der Waals surface area contributed by atoms with Crippen molar-refractivity contribution in [2.45, 2.75) is 29.7 Å². The van der Waals surface area contributed by atoms with Gasteiger partial charge < -0.3 is 14.5 Å². The average Bonchev–Trinajstić information content (AvgIpc) is 3.43. The Bertz CT molecular complexity index is 1630. The Morgan fingerprint density at radius 3 is 2.44 bits per heavy atom. The van der Waals surface area contributed by atoms with Crippen LogP contribution in [0, 0.1) is 12.8 Å². The summed E-state index contributed by atoms with van der Waals surface area (Å²) >= 11 is 5.90. The normalized spacial score (nSPS) is 20.1. The molecule has 2 amide bonds. The number of aromatic nitrogens is 1. The smallest absolute Gasteiger partial charge is 0.305 e. The van der Waals surface area contributed by atoms with Gasteiger partial charge in [-0.2, -0.15) is 0 Å². The number of H-pyrrole nitrogens is 1. The Hall–Kier alpha value is -3.34. The van der Waals surface area contributed by atoms with E-state index in [1.165, 1.54) is 16.7 Å². The fourth-order valence-corrected chi connectivity index (χ4v) is 7.96. The van der Waals surface area contributed by atoms with Gasteiger partial charge in [-0.15, -0.1) is 0 Å². The largest absolute Gasteiger partial charge is 0.497 e. The number of carbonyl (C=O) groups is 2. The maximum Gasteiger partial charge on any atom is 0.305 e. The van der Waals surface area contributed by atoms with E-state index < -0.39 is 17.1 Å². The highest BCUT2D eigenvalue weighted by atomic mass is 79.9. The second kappa shape index (κ2) is 10.3. The number of methoxy groups -OCH3 is 1. The molecule has 1 aromatic heterocycles. The van der Waals surface area contributed by atoms with Gasteiger partial charge in [-0.1, -0.05) is 68.9 Å². The van der Waals surface area contributed by atoms with Gasteiger partial charge in [0.15, 0.2) is 0 Å². The molecule has 3 aromatic carbocycles. The zero-order valence-corrected chi connectivity index (χ0v) is 24.2. The Labute approximate surface area is 241 Å². The molecule has 1 N–H and O–H groups in total. The highest BCUT2D eigenvalue weighted by Crippen LogP contribution is 2.54. The first-order chi connectivity index (χ1) is 18.8. The third-order valence-electron chi connectivity index (χ3n) is 6.98. The summed E-state index contributed by atoms with van der Waals surface area (Å²) in [6.07, 6.45) is 0. The van der Waals surface area contributed by atoms with Gasteiger partial charge in [0, 0.05) is 20.8 Å². The zero-order valence-electron chi connectivity index (χ0n) is 21.0. The van der Waals surface area contributed by atoms with Crippen molar-refractivity contribution in [2.75, 3.05) is 12.0 Å². The second-order valence-electron chi connectivity index (χ2n) is 9.42. The van der Waals surface area contributed by atoms with Crippen LogP contribution in [0.4, 0.5) is 5.69 Å². The van der Waals surface area contributed by atoms with Gasteiger partial charge in [0.05, 0.1) is 23.7 Å². The SMILES string of the molecule is COc1ccc(N2C(=O)C3Sc4[nH]c(=O)sc4[C@H](c4cc(Br)ccc4OCc4ccc(C)cc4)C3C2=O)cc1. The standard InChI is InChI=1S/C29H23BrN2O5S2/c1-15-3-5-16(6-4-15)14-37-21-12-7-17(30)13-20(21)22-23-25(38-26-24(22)39-29(35)31-26)28(34)32(27(23)33)18-8-10-19(36-2)11-9-18/h3-13,22-23,25H,14H2,1-2H3,(H,31,35)/t22-,23?,25?/m1/s1. The molecule has 198 valence electrons. The third kappa shape index (κ3) is 4.70. The summed E-state index contributed by atoms with van der Waals surface area (Å²) < 4.78 is 12.4. The van der Waals surface area contributed by atoms with Crippen LogP contribution in [0.15, 0.2) is 81.0 Å². The Balaban J connectivity index is 1.43. The molecule has 2 unspecified atom stereocenters. The lowest BCUT2D eigenvalue weighted by Crippen LogP contribution is -2.32. The first kappa shape index (κ1) is 25.9. The first-order valence-electron chi connectivity index (χ1n) is 12.2. The van der Waals surface area contributed by atoms with Crippen molar-refractivity contribution in [1.82, 2.24) is 4.98 Å². The molecule has 7 nitrogen and oxygen atoms in total. The van der Waals surface area contributed by atoms with E-state index in [1.807, 2.05) is 49.4 Å². The number of thioether (sulfide) groups is 1. The molecule has 10 heteroatoms. The van der Waals surface area contributed by atoms with Gasteiger partial charge in [-0.05, 0) is 55.0 Å². The number of imide groups is 1. The summed E-state index contributed by atoms with van der Waals surface area (Å²) in [6, 6.07) is 20.6. The number of hydrogen-bond donors (Lipinski definition) is 1. The number of amides is 2. The molecule has 3 atom stereocenters. The number of ether oxygens (including phenoxy) is 2. The number of thiazole rings is 1. The van der Waals surface area contributed by atoms with Crippen molar-refractivity contribution < 1.29 is 19.1 Å². The van der Waals surface area contributed by atoms with Crippen LogP contribution in [0.1, 0.15) is 27.5 Å². The van der Waals surface area contributed by atoms with Crippen molar-refractivity contribution in [3.63, 3.8) is 0 Å². The van der Waals surface area contributed by atoms with E-state index in [0.29, 0.717) is 28.8 Å². The Morgan fingerprint density at radius 1 is 0.974 bits per heavy atom. The quantitative estimate of drug-likeness (QED) is 0.270. The van der Waals surface area contributed by atoms with E-state index in [1.54, 1.807) is 31.4 Å². The zero-order chi connectivity index (χ0) is 27.3. The molecule has 1 saturated heterocycles. The molecule has 39 heavy (non-hydrogen) atoms. The van der Waals surface area contributed by atoms with Crippen LogP contribution >= 0.6 is 39.0 Å². The molecule has 0 bridgehead atoms. The van der Waals surface area contributed by atoms with Crippen molar-refractivity contribution in [2.24, 2.45) is 5.92 Å². The average molecular weight is 624 g/mol. The number of aryl methyl sites for hydroxylation is 1. The topological polar surface area (TPSA) is 88.7 Å². The molecular weight excluding hydrogens is 600 g/mol. The summed E-state index contributed by atoms with van der Waals surface area (Å²) in [7, 11) is 1.56. The number of rotatable bonds is 6. The van der Waals surface area contributed by atoms with Crippen molar-refractivity contribution in [1.29, 1.82) is 0 Å². The number of aromatic amines is 1. The van der Waals surface area contributed by atoms with Crippen LogP contribution in [0.3, 0.4) is 0 Å². The number of nitrogens with one attached hydrogen (secondary N) is 1. The molecule has 6 rings (SSSR count). The van der Waals surface area contributed by atoms with Gasteiger partial charge in [0.2, 0.25) is 11.8 Å². The number of benzene rings is 3. The van der Waals surface area contributed by atoms with Gasteiger partial charge in [0.25, 0.3) is 0 Å². The van der Waals surface area contributed by atoms with E-state index in [2.05, 4.69) is 20.9 Å². The van der Waals surface area contributed by atoms with Crippen LogP contribution in [-0.2, 0) is 16.2 Å². The lowest BCUT2D eigenvalue weighted by molar-refractivity contribution is -0.122. The molecule has 0 saturated carbocycles. The lowest BCUT2D eigenvalue weighted by atomic mass is 9.82. The van der Waals surface area contributed by atoms with Crippen LogP contribution in [0.5, 0.6) is 11.5 Å². The molecule has 2 aliphatic rings. The third-order valence-corrected chi connectivity index (χ3v) is 9.87. The first-order valence-corrected chi connectivity index (χ1v) is 14.7. The molecule has 0 spiro atoms. The molecule has 1 fully saturated rings. The number of anilines is 1. The maximum atomic E-state index is 14.0. The van der Waals surface area contributed by atoms with Gasteiger partial charge >= 0.3 is 4.87 Å². The summed E-state index contributed by atoms with van der Waals surface area (Å²) in [6.45, 7) is 2.37. The van der Waals surface area contributed by atoms with Crippen LogP contribution in [0.2, 0.25) is 0 Å². The summed E-state index contributed by atoms with van der Waals surface area (Å²) in [5.74, 6) is -0.625. The van der Waals surface area contributed by atoms with E-state index in [-0.39, 0.29) is 16.7 Å². The van der Waals surface area contributed by atoms with Crippen molar-refractivity contribution in [3.8, 4) is 11.5 Å². The highest BCUT2D eigenvalue weighted by Gasteiger charge is 2.56. The number of nitrogens with zero attached hydrogens (tertiary/aromatic N) is 1. The second-order valence-corrected chi connectivity index (χ2v) is 12.5. The lowest BCUT2D eigenvalue weighted by Gasteiger charge is -2.31. The van der Waals surface area contributed by atoms with E-state index in [9.17, 15) is 14.4 Å². The molecular formula is C29H23BrN2O5S2. The minimum Gasteiger partial charge on any atom is -0.497 e. The summed E-state index contributed by atoms with van der Waals surface area (Å²) in [5.41, 5.74) is 3.41. The molecule has 2 aliphatic heterocycles. The van der Waals surface area contributed by atoms with Gasteiger partial charge in [-0.25, -0.2) is 4.90 Å². The monoisotopic (exact) mass is 622 g/mol. The van der Waals surface area contributed by atoms with E-state index in [0.717, 1.165) is 37.4 Å². The van der Waals surface area contributed by atoms with E-state index >= 15 is 0 Å². The van der Waals surface area contributed by atoms with Crippen LogP contribution < -0.4 is 19.2 Å². The number of carbonyl (C=O) groups excluding carboxylic acids is 2. The minimum absolute atomic E-state index is 0.221. The maximum absolute atomic E-state index is 14.0. The highest BCUT2D eigenvalue weighted by molar-refractivity contribution is 9.10. The van der Waals surface area contributed by atoms with Crippen molar-refractivity contribution in [3.05, 3.63) is 102 Å². The fourth-order valence-electron chi connectivity index (χ4n) is 5.08. The molecule has 4 aromatic rings. The van der Waals surface area contributed by atoms with Crippen LogP contribution in [0.25, 0.3) is 0 Å². The molecule has 0 radical (unpaired) electrons. The predicted molar refractivity (Wildman–Crippen MR) is 155 cm³/mol. The van der Waals surface area contributed by atoms with Crippen LogP contribution in [-0.4, -0.2) is 29.2 Å². The number of halogens is 1. The fraction of sp³-hybridized carbons (Fsp3) is 0.207. The Kier molecular flexibility index (Phi) is 6.86. The van der Waals surface area contributed by atoms with Gasteiger partial charge in [-0.3, -0.25) is 14.4 Å². The van der Waals surface area contributed by atoms with Gasteiger partial charge in [0.1, 0.15) is 23.4 Å². The summed E-state index contributed by atoms with van der Waals surface area (Å²) in [5, 5.41) is -0.0651. The predicted octanol–water partition coefficient (Wildman–Crippen LogP) is 5.89. The summed E-state index contributed by atoms with van der Waals surface area (Å²) in [4.78, 5) is 44.9. The number of hydrogen-bond acceptors (Lipinski definition) is 7. The molecule has 3 heterocycles. The minimum atomic E-state index is -0.709. The Morgan fingerprint density at radius 2 is 1.72 bits per heavy atom. The molecule has 0 aliphatic carbocycles. The van der Waals surface area contributed by atoms with Crippen molar-refractivity contribution >= 4 is 56.5 Å². The van der Waals surface area contributed by atoms with E-state index in [4.69, 9.17) is 9.47 Å².